The molecule has 2 N–H and O–H groups in total. The van der Waals surface area contributed by atoms with Gasteiger partial charge in [-0.2, -0.15) is 5.26 Å². The average Bonchev–Trinajstić information content (AvgIpc) is 2.54. The molecule has 0 saturated heterocycles. The highest BCUT2D eigenvalue weighted by molar-refractivity contribution is 7.92. The molecule has 150 valence electrons. The number of nitriles is 1. The summed E-state index contributed by atoms with van der Waals surface area (Å²) in [4.78, 5) is -0.203. The molecular weight excluding hydrogens is 396 g/mol. The highest BCUT2D eigenvalue weighted by Gasteiger charge is 2.30. The van der Waals surface area contributed by atoms with Crippen LogP contribution in [-0.4, -0.2) is 13.5 Å². The fraction of sp³-hybridized carbons (Fsp3) is 0.381. The van der Waals surface area contributed by atoms with Crippen molar-refractivity contribution in [2.75, 3.05) is 4.72 Å². The third-order valence-corrected chi connectivity index (χ3v) is 6.07. The lowest BCUT2D eigenvalue weighted by Crippen LogP contribution is -2.20. The second-order valence-corrected chi connectivity index (χ2v) is 10.8. The number of aromatic hydroxyl groups is 1. The van der Waals surface area contributed by atoms with Gasteiger partial charge >= 0.3 is 0 Å². The molecule has 0 unspecified atom stereocenters. The molecule has 2 aromatic carbocycles. The van der Waals surface area contributed by atoms with Crippen molar-refractivity contribution in [3.8, 4) is 11.8 Å². The molecule has 0 bridgehead atoms. The largest absolute Gasteiger partial charge is 0.506 e. The van der Waals surface area contributed by atoms with Crippen molar-refractivity contribution < 1.29 is 13.5 Å². The molecule has 0 aliphatic heterocycles. The topological polar surface area (TPSA) is 90.2 Å². The summed E-state index contributed by atoms with van der Waals surface area (Å²) in [6, 6.07) is 9.56. The zero-order chi connectivity index (χ0) is 21.5. The molecule has 0 amide bonds. The molecular formula is C21H25ClN2O3S. The maximum atomic E-state index is 13.1. The van der Waals surface area contributed by atoms with Crippen LogP contribution in [0.2, 0.25) is 5.02 Å². The fourth-order valence-electron chi connectivity index (χ4n) is 2.68. The Kier molecular flexibility index (Phi) is 5.76. The number of phenolic OH excluding ortho intramolecular Hbond substituents is 1. The van der Waals surface area contributed by atoms with Crippen LogP contribution in [0.1, 0.15) is 58.2 Å². The van der Waals surface area contributed by atoms with E-state index in [4.69, 9.17) is 16.9 Å². The summed E-state index contributed by atoms with van der Waals surface area (Å²) in [7, 11) is -4.12. The van der Waals surface area contributed by atoms with Gasteiger partial charge in [-0.15, -0.1) is 0 Å². The molecule has 0 heterocycles. The van der Waals surface area contributed by atoms with Crippen LogP contribution < -0.4 is 4.72 Å². The Morgan fingerprint density at radius 2 is 1.64 bits per heavy atom. The lowest BCUT2D eigenvalue weighted by molar-refractivity contribution is 0.429. The van der Waals surface area contributed by atoms with Gasteiger partial charge in [0.15, 0.2) is 0 Å². The minimum absolute atomic E-state index is 0.102. The Balaban J connectivity index is 2.66. The maximum absolute atomic E-state index is 13.1. The number of sulfonamides is 1. The van der Waals surface area contributed by atoms with Crippen molar-refractivity contribution in [2.45, 2.75) is 57.3 Å². The fourth-order valence-corrected chi connectivity index (χ4v) is 4.19. The van der Waals surface area contributed by atoms with Crippen molar-refractivity contribution in [1.82, 2.24) is 0 Å². The van der Waals surface area contributed by atoms with E-state index in [0.29, 0.717) is 11.1 Å². The standard InChI is InChI=1S/C21H25ClN2O3S/c1-20(2,3)14-10-15(21(4,5)6)19(25)18(11-14)28(26,27)24-17-8-7-13(12-23)9-16(17)22/h7-11,24-25H,1-6H3. The monoisotopic (exact) mass is 420 g/mol. The number of nitrogens with zero attached hydrogens (tertiary/aromatic N) is 1. The number of benzene rings is 2. The van der Waals surface area contributed by atoms with Gasteiger partial charge in [0.25, 0.3) is 10.0 Å². The Hall–Kier alpha value is -2.23. The number of hydrogen-bond donors (Lipinski definition) is 2. The van der Waals surface area contributed by atoms with E-state index in [0.717, 1.165) is 5.56 Å². The predicted molar refractivity (Wildman–Crippen MR) is 112 cm³/mol. The second kappa shape index (κ2) is 7.31. The quantitative estimate of drug-likeness (QED) is 0.703. The first-order chi connectivity index (χ1) is 12.7. The minimum atomic E-state index is -4.12. The summed E-state index contributed by atoms with van der Waals surface area (Å²) < 4.78 is 28.6. The molecule has 0 aromatic heterocycles. The van der Waals surface area contributed by atoms with Gasteiger partial charge in [-0.05, 0) is 40.7 Å². The van der Waals surface area contributed by atoms with E-state index in [2.05, 4.69) is 4.72 Å². The van der Waals surface area contributed by atoms with Crippen molar-refractivity contribution >= 4 is 27.3 Å². The molecule has 5 nitrogen and oxygen atoms in total. The number of nitrogens with one attached hydrogen (secondary N) is 1. The third kappa shape index (κ3) is 4.60. The molecule has 0 saturated carbocycles. The number of hydrogen-bond acceptors (Lipinski definition) is 4. The summed E-state index contributed by atoms with van der Waals surface area (Å²) in [5.41, 5.74) is 1.03. The molecule has 0 fully saturated rings. The van der Waals surface area contributed by atoms with Crippen LogP contribution in [0.4, 0.5) is 5.69 Å². The van der Waals surface area contributed by atoms with Gasteiger partial charge in [-0.3, -0.25) is 4.72 Å². The molecule has 2 aromatic rings. The van der Waals surface area contributed by atoms with Gasteiger partial charge in [0.05, 0.1) is 22.3 Å². The van der Waals surface area contributed by atoms with Crippen LogP contribution in [0.15, 0.2) is 35.2 Å². The molecule has 0 aliphatic rings. The maximum Gasteiger partial charge on any atom is 0.265 e. The Labute approximate surface area is 172 Å². The molecule has 0 aliphatic carbocycles. The van der Waals surface area contributed by atoms with E-state index >= 15 is 0 Å². The van der Waals surface area contributed by atoms with E-state index in [1.165, 1.54) is 24.3 Å². The van der Waals surface area contributed by atoms with E-state index in [1.807, 2.05) is 53.7 Å². The summed E-state index contributed by atoms with van der Waals surface area (Å²) in [6.45, 7) is 11.7. The average molecular weight is 421 g/mol. The third-order valence-electron chi connectivity index (χ3n) is 4.38. The Morgan fingerprint density at radius 1 is 1.04 bits per heavy atom. The highest BCUT2D eigenvalue weighted by atomic mass is 35.5. The van der Waals surface area contributed by atoms with Crippen molar-refractivity contribution in [3.63, 3.8) is 0 Å². The predicted octanol–water partition coefficient (Wildman–Crippen LogP) is 5.31. The van der Waals surface area contributed by atoms with Gasteiger partial charge in [-0.25, -0.2) is 8.42 Å². The first-order valence-corrected chi connectivity index (χ1v) is 10.6. The minimum Gasteiger partial charge on any atom is -0.506 e. The van der Waals surface area contributed by atoms with E-state index < -0.39 is 15.4 Å². The first kappa shape index (κ1) is 22.1. The lowest BCUT2D eigenvalue weighted by Gasteiger charge is -2.27. The van der Waals surface area contributed by atoms with E-state index in [-0.39, 0.29) is 26.8 Å². The van der Waals surface area contributed by atoms with Gasteiger partial charge in [0.1, 0.15) is 10.6 Å². The molecule has 2 rings (SSSR count). The van der Waals surface area contributed by atoms with Crippen LogP contribution in [0, 0.1) is 11.3 Å². The second-order valence-electron chi connectivity index (χ2n) is 8.78. The van der Waals surface area contributed by atoms with Crippen LogP contribution in [0.3, 0.4) is 0 Å². The zero-order valence-corrected chi connectivity index (χ0v) is 18.5. The molecule has 0 atom stereocenters. The van der Waals surface area contributed by atoms with Crippen LogP contribution in [-0.2, 0) is 20.9 Å². The Bertz CT molecular complexity index is 1060. The van der Waals surface area contributed by atoms with Crippen molar-refractivity contribution in [3.05, 3.63) is 52.0 Å². The van der Waals surface area contributed by atoms with E-state index in [1.54, 1.807) is 0 Å². The lowest BCUT2D eigenvalue weighted by atomic mass is 9.80. The number of phenols is 1. The van der Waals surface area contributed by atoms with Crippen molar-refractivity contribution in [2.24, 2.45) is 0 Å². The molecule has 0 radical (unpaired) electrons. The first-order valence-electron chi connectivity index (χ1n) is 8.77. The van der Waals surface area contributed by atoms with Gasteiger partial charge in [0, 0.05) is 5.56 Å². The summed E-state index contributed by atoms with van der Waals surface area (Å²) >= 11 is 6.11. The van der Waals surface area contributed by atoms with Crippen LogP contribution in [0.25, 0.3) is 0 Å². The zero-order valence-electron chi connectivity index (χ0n) is 16.9. The summed E-state index contributed by atoms with van der Waals surface area (Å²) in [6.07, 6.45) is 0. The number of halogens is 1. The van der Waals surface area contributed by atoms with Crippen molar-refractivity contribution in [1.29, 1.82) is 5.26 Å². The smallest absolute Gasteiger partial charge is 0.265 e. The number of rotatable bonds is 3. The normalized spacial score (nSPS) is 12.5. The van der Waals surface area contributed by atoms with Crippen LogP contribution >= 0.6 is 11.6 Å². The Morgan fingerprint density at radius 3 is 2.11 bits per heavy atom. The van der Waals surface area contributed by atoms with Gasteiger partial charge in [-0.1, -0.05) is 59.2 Å². The van der Waals surface area contributed by atoms with Gasteiger partial charge in [0.2, 0.25) is 0 Å². The number of anilines is 1. The SMILES string of the molecule is CC(C)(C)c1cc(C(C)(C)C)c(O)c(S(=O)(=O)Nc2ccc(C#N)cc2Cl)c1. The summed E-state index contributed by atoms with van der Waals surface area (Å²) in [5, 5.41) is 19.8. The van der Waals surface area contributed by atoms with Gasteiger partial charge < -0.3 is 5.11 Å². The molecule has 0 spiro atoms. The molecule has 28 heavy (non-hydrogen) atoms. The molecule has 7 heteroatoms. The van der Waals surface area contributed by atoms with E-state index in [9.17, 15) is 13.5 Å². The summed E-state index contributed by atoms with van der Waals surface area (Å²) in [5.74, 6) is -0.280. The van der Waals surface area contributed by atoms with Crippen LogP contribution in [0.5, 0.6) is 5.75 Å². The highest BCUT2D eigenvalue weighted by Crippen LogP contribution is 2.40.